The van der Waals surface area contributed by atoms with Crippen LogP contribution in [0.2, 0.25) is 0 Å². The summed E-state index contributed by atoms with van der Waals surface area (Å²) in [6, 6.07) is 12.9. The molecule has 0 radical (unpaired) electrons. The summed E-state index contributed by atoms with van der Waals surface area (Å²) in [5, 5.41) is 3.96. The highest BCUT2D eigenvalue weighted by Crippen LogP contribution is 2.17. The maximum absolute atomic E-state index is 12.0. The molecule has 1 N–H and O–H groups in total. The zero-order valence-corrected chi connectivity index (χ0v) is 14.1. The maximum Gasteiger partial charge on any atom is 0.271 e. The van der Waals surface area contributed by atoms with Gasteiger partial charge in [0.2, 0.25) is 0 Å². The molecule has 0 atom stereocenters. The van der Waals surface area contributed by atoms with Gasteiger partial charge in [0, 0.05) is 10.0 Å². The molecular formula is C17H17BrN2O2. The van der Waals surface area contributed by atoms with Crippen LogP contribution >= 0.6 is 15.9 Å². The van der Waals surface area contributed by atoms with Crippen LogP contribution in [0.1, 0.15) is 28.4 Å². The summed E-state index contributed by atoms with van der Waals surface area (Å²) in [4.78, 5) is 12.0. The summed E-state index contributed by atoms with van der Waals surface area (Å²) in [5.74, 6) is 0.566. The number of carbonyl (C=O) groups excluding carboxylic acids is 1. The number of aryl methyl sites for hydroxylation is 1. The lowest BCUT2D eigenvalue weighted by molar-refractivity contribution is 0.0955. The summed E-state index contributed by atoms with van der Waals surface area (Å²) in [7, 11) is 0. The largest absolute Gasteiger partial charge is 0.494 e. The highest BCUT2D eigenvalue weighted by Gasteiger charge is 2.05. The van der Waals surface area contributed by atoms with Gasteiger partial charge in [-0.25, -0.2) is 5.43 Å². The third kappa shape index (κ3) is 4.43. The van der Waals surface area contributed by atoms with Crippen LogP contribution in [0.25, 0.3) is 0 Å². The van der Waals surface area contributed by atoms with Gasteiger partial charge in [0.1, 0.15) is 5.75 Å². The maximum atomic E-state index is 12.0. The second kappa shape index (κ2) is 7.75. The van der Waals surface area contributed by atoms with Crippen LogP contribution in [-0.2, 0) is 0 Å². The van der Waals surface area contributed by atoms with Crippen molar-refractivity contribution in [2.45, 2.75) is 13.8 Å². The molecular weight excluding hydrogens is 344 g/mol. The van der Waals surface area contributed by atoms with Crippen molar-refractivity contribution in [1.82, 2.24) is 5.43 Å². The first-order chi connectivity index (χ1) is 10.6. The molecule has 0 aliphatic carbocycles. The number of nitrogens with one attached hydrogen (secondary N) is 1. The predicted molar refractivity (Wildman–Crippen MR) is 91.6 cm³/mol. The highest BCUT2D eigenvalue weighted by molar-refractivity contribution is 9.10. The van der Waals surface area contributed by atoms with Gasteiger partial charge in [0.05, 0.1) is 12.8 Å². The Labute approximate surface area is 138 Å². The van der Waals surface area contributed by atoms with Gasteiger partial charge in [0.15, 0.2) is 0 Å². The number of rotatable bonds is 5. The second-order valence-electron chi connectivity index (χ2n) is 4.67. The molecule has 0 aromatic heterocycles. The second-order valence-corrected chi connectivity index (χ2v) is 5.52. The van der Waals surface area contributed by atoms with Crippen molar-refractivity contribution in [2.24, 2.45) is 5.10 Å². The van der Waals surface area contributed by atoms with Crippen molar-refractivity contribution >= 4 is 28.1 Å². The van der Waals surface area contributed by atoms with Gasteiger partial charge in [-0.3, -0.25) is 4.79 Å². The lowest BCUT2D eigenvalue weighted by Gasteiger charge is -2.03. The number of halogens is 1. The molecule has 4 nitrogen and oxygen atoms in total. The van der Waals surface area contributed by atoms with Crippen molar-refractivity contribution in [3.05, 3.63) is 63.6 Å². The van der Waals surface area contributed by atoms with E-state index in [1.54, 1.807) is 18.3 Å². The molecule has 0 bridgehead atoms. The number of amides is 1. The average Bonchev–Trinajstić information content (AvgIpc) is 2.52. The van der Waals surface area contributed by atoms with Gasteiger partial charge in [-0.05, 0) is 61.4 Å². The van der Waals surface area contributed by atoms with E-state index in [0.29, 0.717) is 12.2 Å². The molecule has 2 aromatic carbocycles. The zero-order valence-electron chi connectivity index (χ0n) is 12.5. The van der Waals surface area contributed by atoms with E-state index in [2.05, 4.69) is 26.5 Å². The Kier molecular flexibility index (Phi) is 5.72. The Hall–Kier alpha value is -2.14. The van der Waals surface area contributed by atoms with Crippen molar-refractivity contribution in [3.63, 3.8) is 0 Å². The van der Waals surface area contributed by atoms with Gasteiger partial charge >= 0.3 is 0 Å². The summed E-state index contributed by atoms with van der Waals surface area (Å²) in [6.07, 6.45) is 1.59. The molecule has 1 amide bonds. The van der Waals surface area contributed by atoms with Gasteiger partial charge in [-0.15, -0.1) is 0 Å². The lowest BCUT2D eigenvalue weighted by atomic mass is 10.1. The van der Waals surface area contributed by atoms with Crippen molar-refractivity contribution in [2.75, 3.05) is 6.61 Å². The Morgan fingerprint density at radius 1 is 1.27 bits per heavy atom. The minimum Gasteiger partial charge on any atom is -0.494 e. The van der Waals surface area contributed by atoms with E-state index in [1.807, 2.05) is 44.2 Å². The Bertz CT molecular complexity index is 682. The van der Waals surface area contributed by atoms with E-state index >= 15 is 0 Å². The molecule has 0 fully saturated rings. The first-order valence-electron chi connectivity index (χ1n) is 6.92. The molecule has 0 aliphatic heterocycles. The minimum absolute atomic E-state index is 0.247. The molecule has 22 heavy (non-hydrogen) atoms. The number of ether oxygens (including phenoxy) is 1. The number of hydrazone groups is 1. The summed E-state index contributed by atoms with van der Waals surface area (Å²) in [5.41, 5.74) is 5.03. The van der Waals surface area contributed by atoms with Crippen LogP contribution in [0.4, 0.5) is 0 Å². The molecule has 0 saturated heterocycles. The number of carbonyl (C=O) groups is 1. The van der Waals surface area contributed by atoms with Crippen molar-refractivity contribution in [3.8, 4) is 5.75 Å². The lowest BCUT2D eigenvalue weighted by Crippen LogP contribution is -2.17. The van der Waals surface area contributed by atoms with E-state index in [0.717, 1.165) is 21.3 Å². The first kappa shape index (κ1) is 16.2. The zero-order chi connectivity index (χ0) is 15.9. The summed E-state index contributed by atoms with van der Waals surface area (Å²) >= 11 is 3.41. The Morgan fingerprint density at radius 2 is 2.00 bits per heavy atom. The fourth-order valence-electron chi connectivity index (χ4n) is 1.78. The molecule has 2 aromatic rings. The van der Waals surface area contributed by atoms with Crippen LogP contribution in [0.15, 0.2) is 52.0 Å². The minimum atomic E-state index is -0.247. The highest BCUT2D eigenvalue weighted by atomic mass is 79.9. The Morgan fingerprint density at radius 3 is 2.64 bits per heavy atom. The van der Waals surface area contributed by atoms with Crippen LogP contribution < -0.4 is 10.2 Å². The van der Waals surface area contributed by atoms with E-state index in [-0.39, 0.29) is 5.91 Å². The standard InChI is InChI=1S/C17H17BrN2O2/c1-3-22-15-8-5-13(6-9-15)11-19-20-17(21)14-7-4-12(2)16(18)10-14/h4-11H,3H2,1-2H3,(H,20,21)/b19-11+. The first-order valence-corrected chi connectivity index (χ1v) is 7.72. The number of hydrogen-bond donors (Lipinski definition) is 1. The van der Waals surface area contributed by atoms with Gasteiger partial charge in [0.25, 0.3) is 5.91 Å². The molecule has 114 valence electrons. The van der Waals surface area contributed by atoms with Gasteiger partial charge in [-0.1, -0.05) is 22.0 Å². The third-order valence-electron chi connectivity index (χ3n) is 3.00. The Balaban J connectivity index is 1.96. The van der Waals surface area contributed by atoms with Crippen LogP contribution in [0, 0.1) is 6.92 Å². The number of hydrogen-bond acceptors (Lipinski definition) is 3. The monoisotopic (exact) mass is 360 g/mol. The number of nitrogens with zero attached hydrogens (tertiary/aromatic N) is 1. The molecule has 2 rings (SSSR count). The molecule has 0 aliphatic rings. The average molecular weight is 361 g/mol. The summed E-state index contributed by atoms with van der Waals surface area (Å²) < 4.78 is 6.26. The molecule has 5 heteroatoms. The normalized spacial score (nSPS) is 10.7. The molecule has 0 heterocycles. The van der Waals surface area contributed by atoms with Crippen LogP contribution in [0.3, 0.4) is 0 Å². The SMILES string of the molecule is CCOc1ccc(/C=N/NC(=O)c2ccc(C)c(Br)c2)cc1. The fraction of sp³-hybridized carbons (Fsp3) is 0.176. The quantitative estimate of drug-likeness (QED) is 0.648. The van der Waals surface area contributed by atoms with E-state index in [4.69, 9.17) is 4.74 Å². The third-order valence-corrected chi connectivity index (χ3v) is 3.86. The smallest absolute Gasteiger partial charge is 0.271 e. The van der Waals surface area contributed by atoms with Crippen LogP contribution in [0.5, 0.6) is 5.75 Å². The van der Waals surface area contributed by atoms with Crippen molar-refractivity contribution in [1.29, 1.82) is 0 Å². The van der Waals surface area contributed by atoms with E-state index < -0.39 is 0 Å². The fourth-order valence-corrected chi connectivity index (χ4v) is 2.16. The van der Waals surface area contributed by atoms with Gasteiger partial charge in [-0.2, -0.15) is 5.10 Å². The van der Waals surface area contributed by atoms with Crippen molar-refractivity contribution < 1.29 is 9.53 Å². The molecule has 0 unspecified atom stereocenters. The molecule has 0 spiro atoms. The molecule has 0 saturated carbocycles. The predicted octanol–water partition coefficient (Wildman–Crippen LogP) is 3.92. The topological polar surface area (TPSA) is 50.7 Å². The van der Waals surface area contributed by atoms with Crippen LogP contribution in [-0.4, -0.2) is 18.7 Å². The van der Waals surface area contributed by atoms with Gasteiger partial charge < -0.3 is 4.74 Å². The number of benzene rings is 2. The summed E-state index contributed by atoms with van der Waals surface area (Å²) in [6.45, 7) is 4.54. The van der Waals surface area contributed by atoms with E-state index in [9.17, 15) is 4.79 Å². The van der Waals surface area contributed by atoms with E-state index in [1.165, 1.54) is 0 Å².